The van der Waals surface area contributed by atoms with Crippen LogP contribution in [0.5, 0.6) is 0 Å². The summed E-state index contributed by atoms with van der Waals surface area (Å²) in [5.41, 5.74) is 2.16. The number of pyridine rings is 1. The highest BCUT2D eigenvalue weighted by atomic mass is 35.5. The Bertz CT molecular complexity index is 723. The number of aromatic carboxylic acids is 1. The summed E-state index contributed by atoms with van der Waals surface area (Å²) >= 11 is 0. The van der Waals surface area contributed by atoms with Crippen LogP contribution in [0.15, 0.2) is 54.7 Å². The van der Waals surface area contributed by atoms with E-state index < -0.39 is 5.97 Å². The predicted octanol–water partition coefficient (Wildman–Crippen LogP) is 3.12. The van der Waals surface area contributed by atoms with Crippen LogP contribution in [0.2, 0.25) is 0 Å². The molecule has 1 N–H and O–H groups in total. The SMILES string of the molecule is Cl.O=C(O)c1nc2ccccn2c1-c1ccccc1. The molecule has 2 heterocycles. The Morgan fingerprint density at radius 3 is 2.42 bits per heavy atom. The Hall–Kier alpha value is -2.33. The van der Waals surface area contributed by atoms with Gasteiger partial charge in [-0.2, -0.15) is 0 Å². The molecule has 5 heteroatoms. The van der Waals surface area contributed by atoms with Gasteiger partial charge in [-0.1, -0.05) is 36.4 Å². The lowest BCUT2D eigenvalue weighted by molar-refractivity contribution is 0.0692. The highest BCUT2D eigenvalue weighted by Crippen LogP contribution is 2.24. The predicted molar refractivity (Wildman–Crippen MR) is 74.8 cm³/mol. The van der Waals surface area contributed by atoms with Gasteiger partial charge in [-0.25, -0.2) is 9.78 Å². The van der Waals surface area contributed by atoms with E-state index >= 15 is 0 Å². The van der Waals surface area contributed by atoms with E-state index in [2.05, 4.69) is 4.98 Å². The van der Waals surface area contributed by atoms with E-state index in [0.717, 1.165) is 5.56 Å². The molecule has 96 valence electrons. The van der Waals surface area contributed by atoms with Gasteiger partial charge in [0.2, 0.25) is 0 Å². The number of carboxylic acid groups (broad SMARTS) is 1. The summed E-state index contributed by atoms with van der Waals surface area (Å²) in [6, 6.07) is 14.9. The van der Waals surface area contributed by atoms with Crippen LogP contribution < -0.4 is 0 Å². The summed E-state index contributed by atoms with van der Waals surface area (Å²) in [5, 5.41) is 9.25. The van der Waals surface area contributed by atoms with E-state index in [-0.39, 0.29) is 18.1 Å². The van der Waals surface area contributed by atoms with Gasteiger partial charge in [0.15, 0.2) is 5.69 Å². The Labute approximate surface area is 115 Å². The van der Waals surface area contributed by atoms with Crippen molar-refractivity contribution in [2.75, 3.05) is 0 Å². The second-order valence-electron chi connectivity index (χ2n) is 3.91. The van der Waals surface area contributed by atoms with Crippen molar-refractivity contribution in [1.82, 2.24) is 9.38 Å². The molecule has 1 aromatic carbocycles. The average molecular weight is 275 g/mol. The molecule has 0 atom stereocenters. The zero-order chi connectivity index (χ0) is 12.5. The van der Waals surface area contributed by atoms with Gasteiger partial charge in [-0.15, -0.1) is 12.4 Å². The zero-order valence-electron chi connectivity index (χ0n) is 9.85. The zero-order valence-corrected chi connectivity index (χ0v) is 10.7. The first-order chi connectivity index (χ1) is 8.77. The largest absolute Gasteiger partial charge is 0.476 e. The van der Waals surface area contributed by atoms with Crippen molar-refractivity contribution >= 4 is 24.0 Å². The van der Waals surface area contributed by atoms with Crippen LogP contribution in [0.1, 0.15) is 10.5 Å². The standard InChI is InChI=1S/C14H10N2O2.ClH/c17-14(18)12-13(10-6-2-1-3-7-10)16-9-5-4-8-11(16)15-12;/h1-9H,(H,17,18);1H. The second-order valence-corrected chi connectivity index (χ2v) is 3.91. The first-order valence-corrected chi connectivity index (χ1v) is 5.53. The Morgan fingerprint density at radius 2 is 1.74 bits per heavy atom. The smallest absolute Gasteiger partial charge is 0.356 e. The molecule has 0 fully saturated rings. The summed E-state index contributed by atoms with van der Waals surface area (Å²) in [4.78, 5) is 15.4. The monoisotopic (exact) mass is 274 g/mol. The summed E-state index contributed by atoms with van der Waals surface area (Å²) in [5.74, 6) is -1.02. The highest BCUT2D eigenvalue weighted by molar-refractivity contribution is 5.94. The van der Waals surface area contributed by atoms with Crippen LogP contribution in [0.25, 0.3) is 16.9 Å². The molecule has 0 aliphatic carbocycles. The van der Waals surface area contributed by atoms with E-state index in [1.54, 1.807) is 10.5 Å². The molecule has 0 saturated carbocycles. The normalized spacial score (nSPS) is 10.1. The maximum Gasteiger partial charge on any atom is 0.356 e. The van der Waals surface area contributed by atoms with Crippen LogP contribution >= 0.6 is 12.4 Å². The van der Waals surface area contributed by atoms with Crippen LogP contribution in [0, 0.1) is 0 Å². The van der Waals surface area contributed by atoms with Crippen LogP contribution in [0.3, 0.4) is 0 Å². The van der Waals surface area contributed by atoms with Gasteiger partial charge in [0.25, 0.3) is 0 Å². The minimum atomic E-state index is -1.02. The number of nitrogens with zero attached hydrogens (tertiary/aromatic N) is 2. The second kappa shape index (κ2) is 5.12. The Morgan fingerprint density at radius 1 is 1.05 bits per heavy atom. The minimum absolute atomic E-state index is 0. The molecule has 0 saturated heterocycles. The molecule has 0 bridgehead atoms. The highest BCUT2D eigenvalue weighted by Gasteiger charge is 2.18. The van der Waals surface area contributed by atoms with Crippen molar-refractivity contribution < 1.29 is 9.90 Å². The Kier molecular flexibility index (Phi) is 3.53. The summed E-state index contributed by atoms with van der Waals surface area (Å²) < 4.78 is 1.79. The maximum absolute atomic E-state index is 11.3. The van der Waals surface area contributed by atoms with Crippen molar-refractivity contribution in [3.05, 3.63) is 60.4 Å². The van der Waals surface area contributed by atoms with Crippen molar-refractivity contribution in [2.45, 2.75) is 0 Å². The van der Waals surface area contributed by atoms with E-state index in [1.165, 1.54) is 0 Å². The molecule has 0 aliphatic rings. The van der Waals surface area contributed by atoms with Gasteiger partial charge in [0, 0.05) is 11.8 Å². The number of rotatable bonds is 2. The van der Waals surface area contributed by atoms with Gasteiger partial charge in [0.05, 0.1) is 5.69 Å². The number of halogens is 1. The quantitative estimate of drug-likeness (QED) is 0.781. The van der Waals surface area contributed by atoms with Crippen LogP contribution in [0.4, 0.5) is 0 Å². The van der Waals surface area contributed by atoms with Crippen LogP contribution in [-0.2, 0) is 0 Å². The van der Waals surface area contributed by atoms with Gasteiger partial charge in [-0.3, -0.25) is 4.40 Å². The van der Waals surface area contributed by atoms with Crippen molar-refractivity contribution in [3.63, 3.8) is 0 Å². The van der Waals surface area contributed by atoms with Crippen molar-refractivity contribution in [3.8, 4) is 11.3 Å². The molecule has 0 spiro atoms. The fraction of sp³-hybridized carbons (Fsp3) is 0. The summed E-state index contributed by atoms with van der Waals surface area (Å²) in [6.07, 6.45) is 1.82. The van der Waals surface area contributed by atoms with E-state index in [4.69, 9.17) is 0 Å². The first-order valence-electron chi connectivity index (χ1n) is 5.53. The van der Waals surface area contributed by atoms with Gasteiger partial charge >= 0.3 is 5.97 Å². The third-order valence-electron chi connectivity index (χ3n) is 2.78. The molecule has 0 aliphatic heterocycles. The topological polar surface area (TPSA) is 54.6 Å². The molecule has 3 rings (SSSR count). The fourth-order valence-corrected chi connectivity index (χ4v) is 2.02. The molecular formula is C14H11ClN2O2. The first kappa shape index (κ1) is 13.1. The van der Waals surface area contributed by atoms with E-state index in [9.17, 15) is 9.90 Å². The van der Waals surface area contributed by atoms with Crippen LogP contribution in [-0.4, -0.2) is 20.5 Å². The molecule has 2 aromatic heterocycles. The summed E-state index contributed by atoms with van der Waals surface area (Å²) in [6.45, 7) is 0. The molecular weight excluding hydrogens is 264 g/mol. The molecule has 4 nitrogen and oxygen atoms in total. The third kappa shape index (κ3) is 2.18. The lowest BCUT2D eigenvalue weighted by Crippen LogP contribution is -1.99. The van der Waals surface area contributed by atoms with Crippen molar-refractivity contribution in [1.29, 1.82) is 0 Å². The number of carboxylic acids is 1. The van der Waals surface area contributed by atoms with E-state index in [0.29, 0.717) is 11.3 Å². The minimum Gasteiger partial charge on any atom is -0.476 e. The Balaban J connectivity index is 0.00000133. The number of aromatic nitrogens is 2. The third-order valence-corrected chi connectivity index (χ3v) is 2.78. The molecule has 3 aromatic rings. The lowest BCUT2D eigenvalue weighted by Gasteiger charge is -2.02. The number of hydrogen-bond donors (Lipinski definition) is 1. The average Bonchev–Trinajstić information content (AvgIpc) is 2.79. The molecule has 0 radical (unpaired) electrons. The van der Waals surface area contributed by atoms with Crippen molar-refractivity contribution in [2.24, 2.45) is 0 Å². The number of imidazole rings is 1. The maximum atomic E-state index is 11.3. The molecule has 19 heavy (non-hydrogen) atoms. The number of fused-ring (bicyclic) bond motifs is 1. The number of carbonyl (C=O) groups is 1. The lowest BCUT2D eigenvalue weighted by atomic mass is 10.1. The van der Waals surface area contributed by atoms with Gasteiger partial charge in [0.1, 0.15) is 5.65 Å². The summed E-state index contributed by atoms with van der Waals surface area (Å²) in [7, 11) is 0. The fourth-order valence-electron chi connectivity index (χ4n) is 2.02. The van der Waals surface area contributed by atoms with Gasteiger partial charge in [-0.05, 0) is 12.1 Å². The van der Waals surface area contributed by atoms with Gasteiger partial charge < -0.3 is 5.11 Å². The number of hydrogen-bond acceptors (Lipinski definition) is 2. The number of benzene rings is 1. The molecule has 0 unspecified atom stereocenters. The molecule has 0 amide bonds. The van der Waals surface area contributed by atoms with E-state index in [1.807, 2.05) is 48.7 Å².